The molecule has 0 spiro atoms. The third-order valence-corrected chi connectivity index (χ3v) is 4.60. The summed E-state index contributed by atoms with van der Waals surface area (Å²) in [6.07, 6.45) is 2.42. The van der Waals surface area contributed by atoms with Gasteiger partial charge in [-0.1, -0.05) is 11.3 Å². The van der Waals surface area contributed by atoms with E-state index in [1.54, 1.807) is 0 Å². The van der Waals surface area contributed by atoms with E-state index in [2.05, 4.69) is 11.9 Å². The van der Waals surface area contributed by atoms with Crippen molar-refractivity contribution in [1.82, 2.24) is 4.98 Å². The second-order valence-electron chi connectivity index (χ2n) is 4.72. The molecule has 6 heteroatoms. The van der Waals surface area contributed by atoms with Gasteiger partial charge in [0.2, 0.25) is 0 Å². The maximum atomic E-state index is 11.4. The molecule has 1 heterocycles. The molecular weight excluding hydrogens is 252 g/mol. The van der Waals surface area contributed by atoms with Crippen molar-refractivity contribution in [1.29, 1.82) is 0 Å². The van der Waals surface area contributed by atoms with Crippen LogP contribution in [0, 0.1) is 5.92 Å². The van der Waals surface area contributed by atoms with Gasteiger partial charge in [0.15, 0.2) is 16.6 Å². The molecule has 0 aliphatic heterocycles. The van der Waals surface area contributed by atoms with Crippen LogP contribution in [0.5, 0.6) is 0 Å². The van der Waals surface area contributed by atoms with Gasteiger partial charge in [0, 0.05) is 20.0 Å². The van der Waals surface area contributed by atoms with Gasteiger partial charge in [-0.25, -0.2) is 9.78 Å². The zero-order chi connectivity index (χ0) is 13.4. The lowest BCUT2D eigenvalue weighted by atomic mass is 10.2. The Morgan fingerprint density at radius 2 is 2.11 bits per heavy atom. The van der Waals surface area contributed by atoms with Gasteiger partial charge in [-0.15, -0.1) is 0 Å². The van der Waals surface area contributed by atoms with Crippen LogP contribution in [0.4, 0.5) is 5.13 Å². The van der Waals surface area contributed by atoms with Crippen molar-refractivity contribution >= 4 is 28.2 Å². The number of aromatic nitrogens is 1. The summed E-state index contributed by atoms with van der Waals surface area (Å²) < 4.78 is 0. The van der Waals surface area contributed by atoms with Crippen molar-refractivity contribution in [2.45, 2.75) is 32.7 Å². The third kappa shape index (κ3) is 2.38. The van der Waals surface area contributed by atoms with Crippen molar-refractivity contribution < 1.29 is 14.7 Å². The maximum absolute atomic E-state index is 11.4. The molecule has 1 fully saturated rings. The minimum atomic E-state index is -1.14. The topological polar surface area (TPSA) is 70.5 Å². The largest absolute Gasteiger partial charge is 0.476 e. The predicted octanol–water partition coefficient (Wildman–Crippen LogP) is 2.28. The summed E-state index contributed by atoms with van der Waals surface area (Å²) in [5.41, 5.74) is -0.127. The molecule has 1 aromatic heterocycles. The first-order chi connectivity index (χ1) is 8.41. The molecule has 0 saturated heterocycles. The molecule has 5 nitrogen and oxygen atoms in total. The van der Waals surface area contributed by atoms with E-state index in [4.69, 9.17) is 5.11 Å². The molecule has 0 aromatic carbocycles. The zero-order valence-corrected chi connectivity index (χ0v) is 11.5. The molecule has 1 aliphatic carbocycles. The highest BCUT2D eigenvalue weighted by molar-refractivity contribution is 7.17. The number of Topliss-reactive ketones (excluding diaryl/α,β-unsaturated/α-hetero) is 1. The average molecular weight is 268 g/mol. The highest BCUT2D eigenvalue weighted by atomic mass is 32.1. The SMILES string of the molecule is CC(=O)c1sc(N(C)C(C)C2CC2)nc1C(=O)O. The number of hydrogen-bond acceptors (Lipinski definition) is 5. The number of thiazole rings is 1. The van der Waals surface area contributed by atoms with Crippen LogP contribution in [0.15, 0.2) is 0 Å². The van der Waals surface area contributed by atoms with Crippen LogP contribution in [0.25, 0.3) is 0 Å². The van der Waals surface area contributed by atoms with Gasteiger partial charge in [0.05, 0.1) is 0 Å². The highest BCUT2D eigenvalue weighted by Crippen LogP contribution is 2.37. The third-order valence-electron chi connectivity index (χ3n) is 3.36. The molecule has 1 atom stereocenters. The van der Waals surface area contributed by atoms with Gasteiger partial charge < -0.3 is 10.0 Å². The lowest BCUT2D eigenvalue weighted by Gasteiger charge is -2.23. The van der Waals surface area contributed by atoms with E-state index in [9.17, 15) is 9.59 Å². The van der Waals surface area contributed by atoms with Gasteiger partial charge in [-0.2, -0.15) is 0 Å². The fourth-order valence-corrected chi connectivity index (χ4v) is 2.92. The Morgan fingerprint density at radius 1 is 1.50 bits per heavy atom. The minimum absolute atomic E-state index is 0.127. The molecule has 98 valence electrons. The van der Waals surface area contributed by atoms with Crippen LogP contribution in [0.2, 0.25) is 0 Å². The quantitative estimate of drug-likeness (QED) is 0.829. The zero-order valence-electron chi connectivity index (χ0n) is 10.6. The number of carboxylic acid groups (broad SMARTS) is 1. The van der Waals surface area contributed by atoms with Crippen LogP contribution < -0.4 is 4.90 Å². The van der Waals surface area contributed by atoms with Gasteiger partial charge in [-0.3, -0.25) is 4.79 Å². The predicted molar refractivity (Wildman–Crippen MR) is 69.7 cm³/mol. The average Bonchev–Trinajstić information content (AvgIpc) is 3.04. The Balaban J connectivity index is 2.30. The monoisotopic (exact) mass is 268 g/mol. The molecule has 2 rings (SSSR count). The fourth-order valence-electron chi connectivity index (χ4n) is 1.91. The van der Waals surface area contributed by atoms with E-state index in [-0.39, 0.29) is 16.4 Å². The van der Waals surface area contributed by atoms with Crippen molar-refractivity contribution in [3.8, 4) is 0 Å². The van der Waals surface area contributed by atoms with Crippen LogP contribution in [0.1, 0.15) is 46.8 Å². The van der Waals surface area contributed by atoms with Gasteiger partial charge in [0.1, 0.15) is 4.88 Å². The molecule has 1 unspecified atom stereocenters. The van der Waals surface area contributed by atoms with Gasteiger partial charge >= 0.3 is 5.97 Å². The summed E-state index contributed by atoms with van der Waals surface area (Å²) in [7, 11) is 1.90. The second kappa shape index (κ2) is 4.68. The molecule has 18 heavy (non-hydrogen) atoms. The molecule has 1 aliphatic rings. The number of carbonyl (C=O) groups excluding carboxylic acids is 1. The first-order valence-corrected chi connectivity index (χ1v) is 6.71. The Labute approximate surface area is 109 Å². The first kappa shape index (κ1) is 13.0. The number of hydrogen-bond donors (Lipinski definition) is 1. The van der Waals surface area contributed by atoms with E-state index in [1.807, 2.05) is 11.9 Å². The Kier molecular flexibility index (Phi) is 3.38. The summed E-state index contributed by atoms with van der Waals surface area (Å²) in [5.74, 6) is -0.730. The van der Waals surface area contributed by atoms with Crippen molar-refractivity contribution in [3.05, 3.63) is 10.6 Å². The van der Waals surface area contributed by atoms with Gasteiger partial charge in [0.25, 0.3) is 0 Å². The van der Waals surface area contributed by atoms with E-state index >= 15 is 0 Å². The maximum Gasteiger partial charge on any atom is 0.356 e. The summed E-state index contributed by atoms with van der Waals surface area (Å²) in [6.45, 7) is 3.47. The highest BCUT2D eigenvalue weighted by Gasteiger charge is 2.32. The van der Waals surface area contributed by atoms with Crippen LogP contribution in [0.3, 0.4) is 0 Å². The summed E-state index contributed by atoms with van der Waals surface area (Å²) >= 11 is 1.16. The molecule has 0 bridgehead atoms. The molecule has 0 amide bonds. The number of carbonyl (C=O) groups is 2. The van der Waals surface area contributed by atoms with Gasteiger partial charge in [-0.05, 0) is 25.7 Å². The summed E-state index contributed by atoms with van der Waals surface area (Å²) in [4.78, 5) is 28.8. The summed E-state index contributed by atoms with van der Waals surface area (Å²) in [5, 5.41) is 9.65. The van der Waals surface area contributed by atoms with E-state index in [0.29, 0.717) is 17.1 Å². The number of nitrogens with zero attached hydrogens (tertiary/aromatic N) is 2. The number of carboxylic acids is 1. The molecule has 1 saturated carbocycles. The summed E-state index contributed by atoms with van der Waals surface area (Å²) in [6, 6.07) is 0.331. The van der Waals surface area contributed by atoms with E-state index in [0.717, 1.165) is 11.3 Å². The first-order valence-electron chi connectivity index (χ1n) is 5.89. The smallest absolute Gasteiger partial charge is 0.356 e. The van der Waals surface area contributed by atoms with Crippen molar-refractivity contribution in [3.63, 3.8) is 0 Å². The number of rotatable bonds is 5. The Hall–Kier alpha value is -1.43. The van der Waals surface area contributed by atoms with Crippen LogP contribution in [-0.2, 0) is 0 Å². The molecule has 1 aromatic rings. The number of aromatic carboxylic acids is 1. The fraction of sp³-hybridized carbons (Fsp3) is 0.583. The minimum Gasteiger partial charge on any atom is -0.476 e. The lowest BCUT2D eigenvalue weighted by Crippen LogP contribution is -2.30. The molecule has 0 radical (unpaired) electrons. The standard InChI is InChI=1S/C12H16N2O3S/c1-6(8-4-5-8)14(3)12-13-9(11(16)17)10(18-12)7(2)15/h6,8H,4-5H2,1-3H3,(H,16,17). The number of anilines is 1. The van der Waals surface area contributed by atoms with Crippen LogP contribution >= 0.6 is 11.3 Å². The van der Waals surface area contributed by atoms with Crippen molar-refractivity contribution in [2.24, 2.45) is 5.92 Å². The lowest BCUT2D eigenvalue weighted by molar-refractivity contribution is 0.0687. The second-order valence-corrected chi connectivity index (χ2v) is 5.70. The van der Waals surface area contributed by atoms with Crippen molar-refractivity contribution in [2.75, 3.05) is 11.9 Å². The van der Waals surface area contributed by atoms with Crippen LogP contribution in [-0.4, -0.2) is 34.9 Å². The van der Waals surface area contributed by atoms with E-state index < -0.39 is 5.97 Å². The normalized spacial score (nSPS) is 16.4. The molecular formula is C12H16N2O3S. The Morgan fingerprint density at radius 3 is 2.50 bits per heavy atom. The Bertz CT molecular complexity index is 462. The number of ketones is 1. The molecule has 1 N–H and O–H groups in total. The van der Waals surface area contributed by atoms with E-state index in [1.165, 1.54) is 19.8 Å².